The summed E-state index contributed by atoms with van der Waals surface area (Å²) in [6.45, 7) is 9.98. The second kappa shape index (κ2) is 20.0. The number of carboxylic acid groups (broad SMARTS) is 2. The van der Waals surface area contributed by atoms with Crippen molar-refractivity contribution in [1.29, 1.82) is 0 Å². The Morgan fingerprint density at radius 1 is 0.540 bits per heavy atom. The van der Waals surface area contributed by atoms with E-state index in [0.29, 0.717) is 0 Å². The minimum Gasteiger partial charge on any atom is -0.741 e. The van der Waals surface area contributed by atoms with E-state index in [1.54, 1.807) is 0 Å². The fourth-order valence-corrected chi connectivity index (χ4v) is 3.93. The molecule has 50 heavy (non-hydrogen) atoms. The van der Waals surface area contributed by atoms with Crippen LogP contribution in [0.1, 0.15) is 41.5 Å². The average molecular weight is 897 g/mol. The van der Waals surface area contributed by atoms with Crippen molar-refractivity contribution in [3.8, 4) is 0 Å². The van der Waals surface area contributed by atoms with Gasteiger partial charge >= 0.3 is 5.51 Å². The van der Waals surface area contributed by atoms with Gasteiger partial charge in [0.05, 0.1) is 0 Å². The number of carboxylic acids is 2. The van der Waals surface area contributed by atoms with Crippen LogP contribution in [0.15, 0.2) is 71.4 Å². The van der Waals surface area contributed by atoms with Crippen LogP contribution in [0, 0.1) is 0 Å². The van der Waals surface area contributed by atoms with Gasteiger partial charge in [0.25, 0.3) is 0 Å². The number of benzene rings is 2. The molecule has 0 fully saturated rings. The van der Waals surface area contributed by atoms with Crippen LogP contribution in [0.4, 0.5) is 35.9 Å². The monoisotopic (exact) mass is 895 g/mol. The predicted molar refractivity (Wildman–Crippen MR) is 173 cm³/mol. The molecule has 2 aromatic rings. The Morgan fingerprint density at radius 2 is 0.700 bits per heavy atom. The molecule has 0 saturated heterocycles. The third kappa shape index (κ3) is 14.5. The minimum absolute atomic E-state index is 0. The Kier molecular flexibility index (Phi) is 18.4. The Morgan fingerprint density at radius 3 is 0.840 bits per heavy atom. The number of nitrogens with zero attached hydrogens (tertiary/aromatic N) is 4. The van der Waals surface area contributed by atoms with Gasteiger partial charge in [-0.3, -0.25) is 0 Å². The SMILES string of the molecule is CC(=O)[O-].CC(=O)[O-].CC1=CC=c2ccc3c(c2[N-]1)[N-]C(C)=CC=3.CC1=CC=c2ccc3c(c2[N-]1)[N-]C(C)=CC=3.O=S(=O)([O-])C(F)(F)F.[Pd].[Pd]. The van der Waals surface area contributed by atoms with Gasteiger partial charge in [0.2, 0.25) is 0 Å². The quantitative estimate of drug-likeness (QED) is 0.218. The summed E-state index contributed by atoms with van der Waals surface area (Å²) >= 11 is 0. The zero-order valence-electron chi connectivity index (χ0n) is 27.2. The minimum atomic E-state index is -6.09. The molecule has 6 rings (SSSR count). The maximum atomic E-state index is 10.7. The van der Waals surface area contributed by atoms with Crippen LogP contribution in [0.2, 0.25) is 0 Å². The molecule has 4 heterocycles. The molecule has 0 atom stereocenters. The first-order valence-electron chi connectivity index (χ1n) is 13.8. The summed E-state index contributed by atoms with van der Waals surface area (Å²) < 4.78 is 58.9. The van der Waals surface area contributed by atoms with Gasteiger partial charge in [-0.1, -0.05) is 101 Å². The van der Waals surface area contributed by atoms with E-state index >= 15 is 0 Å². The Labute approximate surface area is 314 Å². The molecule has 4 aliphatic heterocycles. The first-order valence-corrected chi connectivity index (χ1v) is 15.2. The van der Waals surface area contributed by atoms with Crippen molar-refractivity contribution in [3.63, 3.8) is 0 Å². The summed E-state index contributed by atoms with van der Waals surface area (Å²) in [5, 5.41) is 40.7. The Hall–Kier alpha value is -3.96. The van der Waals surface area contributed by atoms with Gasteiger partial charge in [0.15, 0.2) is 10.1 Å². The van der Waals surface area contributed by atoms with Crippen molar-refractivity contribution < 1.29 is 86.8 Å². The van der Waals surface area contributed by atoms with E-state index in [4.69, 9.17) is 32.8 Å². The molecule has 0 radical (unpaired) electrons. The second-order valence-corrected chi connectivity index (χ2v) is 11.5. The summed E-state index contributed by atoms with van der Waals surface area (Å²) in [6.07, 6.45) is 16.5. The zero-order valence-corrected chi connectivity index (χ0v) is 31.2. The second-order valence-electron chi connectivity index (χ2n) is 10.1. The van der Waals surface area contributed by atoms with Crippen molar-refractivity contribution in [2.75, 3.05) is 0 Å². The standard InChI is InChI=1S/2C14H12N2.2C2H4O2.CHF3O3S.2Pd/c2*1-9-3-5-11-7-8-12-6-4-10(2)16-14(12)13(11)15-9;2*1-2(3)4;2-1(3,4)8(5,6)7;;/h2*3-8H,1-2H3;2*1H3,(H,3,4);(H,5,6,7);;/q2*-2;;;;;/p-3. The van der Waals surface area contributed by atoms with E-state index < -0.39 is 27.6 Å². The fourth-order valence-electron chi connectivity index (χ4n) is 3.93. The summed E-state index contributed by atoms with van der Waals surface area (Å²) in [5.41, 5.74) is 2.48. The molecule has 0 aromatic heterocycles. The van der Waals surface area contributed by atoms with Crippen LogP contribution in [0.25, 0.3) is 45.6 Å². The summed E-state index contributed by atoms with van der Waals surface area (Å²) in [6, 6.07) is 8.39. The van der Waals surface area contributed by atoms with Gasteiger partial charge < -0.3 is 45.6 Å². The summed E-state index contributed by atoms with van der Waals surface area (Å²) in [7, 11) is -6.09. The van der Waals surface area contributed by atoms with E-state index in [-0.39, 0.29) is 40.8 Å². The zero-order chi connectivity index (χ0) is 36.4. The molecule has 0 saturated carbocycles. The van der Waals surface area contributed by atoms with Crippen LogP contribution in [0.5, 0.6) is 0 Å². The first-order chi connectivity index (χ1) is 22.2. The average Bonchev–Trinajstić information content (AvgIpc) is 2.96. The van der Waals surface area contributed by atoms with E-state index in [0.717, 1.165) is 80.3 Å². The van der Waals surface area contributed by atoms with Crippen LogP contribution in [-0.2, 0) is 60.6 Å². The fraction of sp³-hybridized carbons (Fsp3) is 0.212. The number of carbonyl (C=O) groups is 2. The number of hydrogen-bond donors (Lipinski definition) is 0. The molecule has 278 valence electrons. The number of halogens is 3. The van der Waals surface area contributed by atoms with Gasteiger partial charge in [-0.25, -0.2) is 8.42 Å². The number of fused-ring (bicyclic) bond motifs is 6. The molecule has 0 aliphatic carbocycles. The number of alkyl halides is 3. The van der Waals surface area contributed by atoms with Crippen molar-refractivity contribution in [2.24, 2.45) is 0 Å². The van der Waals surface area contributed by atoms with Crippen LogP contribution in [0.3, 0.4) is 0 Å². The van der Waals surface area contributed by atoms with Crippen LogP contribution >= 0.6 is 0 Å². The Balaban J connectivity index is 0.000000664. The molecule has 2 aromatic carbocycles. The van der Waals surface area contributed by atoms with Crippen molar-refractivity contribution in [2.45, 2.75) is 47.1 Å². The topological polar surface area (TPSA) is 194 Å². The molecule has 0 bridgehead atoms. The molecule has 0 spiro atoms. The normalized spacial score (nSPS) is 13.7. The van der Waals surface area contributed by atoms with Crippen molar-refractivity contribution in [1.82, 2.24) is 0 Å². The maximum Gasteiger partial charge on any atom is 0.485 e. The van der Waals surface area contributed by atoms with Gasteiger partial charge in [-0.2, -0.15) is 36.0 Å². The van der Waals surface area contributed by atoms with E-state index in [2.05, 4.69) is 69.8 Å². The van der Waals surface area contributed by atoms with Gasteiger partial charge in [0, 0.05) is 52.8 Å². The third-order valence-corrected chi connectivity index (χ3v) is 6.45. The largest absolute Gasteiger partial charge is 0.741 e. The molecular formula is C33H30F3N4O7Pd2S-7. The van der Waals surface area contributed by atoms with Crippen molar-refractivity contribution in [3.05, 3.63) is 113 Å². The van der Waals surface area contributed by atoms with Crippen LogP contribution in [-0.4, -0.2) is 30.4 Å². The van der Waals surface area contributed by atoms with E-state index in [9.17, 15) is 13.2 Å². The molecule has 0 unspecified atom stereocenters. The first kappa shape index (κ1) is 46.0. The van der Waals surface area contributed by atoms with Crippen LogP contribution < -0.4 is 31.1 Å². The summed E-state index contributed by atoms with van der Waals surface area (Å²) in [4.78, 5) is 17.8. The number of carbonyl (C=O) groups excluding carboxylic acids is 2. The summed E-state index contributed by atoms with van der Waals surface area (Å²) in [5.74, 6) is -2.17. The third-order valence-electron chi connectivity index (χ3n) is 5.88. The number of hydrogen-bond acceptors (Lipinski definition) is 7. The molecule has 11 nitrogen and oxygen atoms in total. The molecule has 0 N–H and O–H groups in total. The Bertz CT molecular complexity index is 1830. The number of aliphatic carboxylic acids is 2. The van der Waals surface area contributed by atoms with Crippen molar-refractivity contribution >= 4 is 69.1 Å². The molecule has 4 aliphatic rings. The van der Waals surface area contributed by atoms with E-state index in [1.165, 1.54) is 0 Å². The molecular weight excluding hydrogens is 866 g/mol. The number of allylic oxidation sites excluding steroid dienone is 8. The van der Waals surface area contributed by atoms with E-state index in [1.807, 2.05) is 52.0 Å². The predicted octanol–water partition coefficient (Wildman–Crippen LogP) is 3.74. The molecule has 17 heteroatoms. The maximum absolute atomic E-state index is 10.7. The smallest absolute Gasteiger partial charge is 0.485 e. The van der Waals surface area contributed by atoms with Gasteiger partial charge in [-0.05, 0) is 34.7 Å². The van der Waals surface area contributed by atoms with Gasteiger partial charge in [0.1, 0.15) is 0 Å². The van der Waals surface area contributed by atoms with Gasteiger partial charge in [-0.15, -0.1) is 22.7 Å². The number of rotatable bonds is 0. The molecule has 0 amide bonds.